The molecule has 0 bridgehead atoms. The Morgan fingerprint density at radius 2 is 1.25 bits per heavy atom. The molecule has 7 heteroatoms. The third-order valence-corrected chi connectivity index (χ3v) is 3.74. The van der Waals surface area contributed by atoms with Crippen molar-refractivity contribution in [3.63, 3.8) is 0 Å². The lowest BCUT2D eigenvalue weighted by Gasteiger charge is -2.04. The summed E-state index contributed by atoms with van der Waals surface area (Å²) in [5.41, 5.74) is 1.18. The van der Waals surface area contributed by atoms with Gasteiger partial charge >= 0.3 is 0 Å². The van der Waals surface area contributed by atoms with Gasteiger partial charge in [0.15, 0.2) is 0 Å². The highest BCUT2D eigenvalue weighted by molar-refractivity contribution is 7.95. The monoisotopic (exact) mass is 341 g/mol. The zero-order chi connectivity index (χ0) is 17.3. The second-order valence-corrected chi connectivity index (χ2v) is 5.94. The average molecular weight is 341 g/mol. The van der Waals surface area contributed by atoms with E-state index in [-0.39, 0.29) is 4.91 Å². The van der Waals surface area contributed by atoms with E-state index in [1.54, 1.807) is 54.6 Å². The molecular formula is C17H15N3O3S. The van der Waals surface area contributed by atoms with Crippen LogP contribution in [0.25, 0.3) is 11.0 Å². The third kappa shape index (κ3) is 5.71. The van der Waals surface area contributed by atoms with Gasteiger partial charge in [0.05, 0.1) is 0 Å². The Morgan fingerprint density at radius 3 is 1.67 bits per heavy atom. The molecule has 0 aliphatic heterocycles. The minimum atomic E-state index is -4.26. The fourth-order valence-corrected chi connectivity index (χ4v) is 2.53. The molecule has 1 aromatic heterocycles. The molecule has 122 valence electrons. The van der Waals surface area contributed by atoms with E-state index in [0.717, 1.165) is 0 Å². The van der Waals surface area contributed by atoms with Crippen LogP contribution in [0.5, 0.6) is 0 Å². The Morgan fingerprint density at radius 1 is 0.792 bits per heavy atom. The number of rotatable bonds is 3. The molecule has 2 aromatic carbocycles. The maximum atomic E-state index is 11.4. The van der Waals surface area contributed by atoms with E-state index in [2.05, 4.69) is 15.0 Å². The van der Waals surface area contributed by atoms with E-state index in [1.165, 1.54) is 25.1 Å². The van der Waals surface area contributed by atoms with Gasteiger partial charge in [-0.2, -0.15) is 8.42 Å². The van der Waals surface area contributed by atoms with Crippen molar-refractivity contribution < 1.29 is 13.0 Å². The van der Waals surface area contributed by atoms with Crippen molar-refractivity contribution in [1.82, 2.24) is 15.0 Å². The molecule has 1 heterocycles. The van der Waals surface area contributed by atoms with Crippen molar-refractivity contribution in [3.8, 4) is 0 Å². The lowest BCUT2D eigenvalue weighted by atomic mass is 10.1. The van der Waals surface area contributed by atoms with Gasteiger partial charge in [-0.3, -0.25) is 4.55 Å². The molecule has 24 heavy (non-hydrogen) atoms. The van der Waals surface area contributed by atoms with Crippen LogP contribution in [0.4, 0.5) is 0 Å². The molecular weight excluding hydrogens is 326 g/mol. The third-order valence-electron chi connectivity index (χ3n) is 2.83. The molecule has 0 saturated carbocycles. The van der Waals surface area contributed by atoms with E-state index in [4.69, 9.17) is 0 Å². The topological polar surface area (TPSA) is 93.0 Å². The summed E-state index contributed by atoms with van der Waals surface area (Å²) < 4.78 is 32.1. The van der Waals surface area contributed by atoms with Crippen LogP contribution >= 0.6 is 0 Å². The van der Waals surface area contributed by atoms with Gasteiger partial charge in [0.2, 0.25) is 0 Å². The summed E-state index contributed by atoms with van der Waals surface area (Å²) in [6.07, 6.45) is 5.76. The number of aromatic nitrogens is 3. The fourth-order valence-electron chi connectivity index (χ4n) is 1.81. The molecule has 0 atom stereocenters. The molecule has 0 aliphatic rings. The first-order valence-electron chi connectivity index (χ1n) is 6.92. The Labute approximate surface area is 140 Å². The summed E-state index contributed by atoms with van der Waals surface area (Å²) in [5.74, 6) is 0. The Bertz CT molecular complexity index is 842. The molecule has 0 fully saturated rings. The van der Waals surface area contributed by atoms with Crippen LogP contribution in [0.2, 0.25) is 0 Å². The van der Waals surface area contributed by atoms with Crippen LogP contribution in [0.1, 0.15) is 11.1 Å². The van der Waals surface area contributed by atoms with Gasteiger partial charge in [0.25, 0.3) is 10.1 Å². The van der Waals surface area contributed by atoms with Crippen LogP contribution in [-0.2, 0) is 10.1 Å². The van der Waals surface area contributed by atoms with E-state index in [0.29, 0.717) is 11.1 Å². The summed E-state index contributed by atoms with van der Waals surface area (Å²) in [6.45, 7) is 0. The molecule has 0 spiro atoms. The van der Waals surface area contributed by atoms with Gasteiger partial charge in [0, 0.05) is 0 Å². The smallest absolute Gasteiger partial charge is 0.282 e. The first-order chi connectivity index (χ1) is 11.6. The summed E-state index contributed by atoms with van der Waals surface area (Å²) in [7, 11) is -4.26. The highest BCUT2D eigenvalue weighted by atomic mass is 32.2. The molecule has 1 N–H and O–H groups in total. The van der Waals surface area contributed by atoms with Gasteiger partial charge in [-0.1, -0.05) is 60.7 Å². The zero-order valence-corrected chi connectivity index (χ0v) is 13.4. The zero-order valence-electron chi connectivity index (χ0n) is 12.6. The maximum absolute atomic E-state index is 11.4. The normalized spacial score (nSPS) is 11.3. The number of hydrogen-bond acceptors (Lipinski definition) is 5. The summed E-state index contributed by atoms with van der Waals surface area (Å²) in [5, 5.41) is 0. The largest absolute Gasteiger partial charge is 0.295 e. The van der Waals surface area contributed by atoms with Crippen LogP contribution in [-0.4, -0.2) is 27.9 Å². The van der Waals surface area contributed by atoms with Crippen molar-refractivity contribution >= 4 is 21.1 Å². The number of nitrogens with zero attached hydrogens (tertiary/aromatic N) is 3. The van der Waals surface area contributed by atoms with E-state index >= 15 is 0 Å². The molecule has 0 amide bonds. The fraction of sp³-hybridized carbons (Fsp3) is 0. The summed E-state index contributed by atoms with van der Waals surface area (Å²) in [4.78, 5) is 10.6. The Balaban J connectivity index is 0.000000292. The van der Waals surface area contributed by atoms with E-state index < -0.39 is 10.1 Å². The molecule has 3 rings (SSSR count). The Hall–Kier alpha value is -2.90. The van der Waals surface area contributed by atoms with Crippen LogP contribution in [0.15, 0.2) is 79.6 Å². The second-order valence-electron chi connectivity index (χ2n) is 4.55. The predicted molar refractivity (Wildman–Crippen MR) is 92.1 cm³/mol. The maximum Gasteiger partial charge on any atom is 0.295 e. The van der Waals surface area contributed by atoms with Gasteiger partial charge in [-0.25, -0.2) is 15.0 Å². The van der Waals surface area contributed by atoms with Crippen LogP contribution in [0, 0.1) is 0 Å². The SMILES string of the molecule is O=S(=O)(O)C(=Cc1ccccc1)c1ccccc1.c1ncncn1. The second kappa shape index (κ2) is 8.66. The lowest BCUT2D eigenvalue weighted by molar-refractivity contribution is 0.496. The lowest BCUT2D eigenvalue weighted by Crippen LogP contribution is -2.00. The summed E-state index contributed by atoms with van der Waals surface area (Å²) in [6, 6.07) is 17.5. The Kier molecular flexibility index (Phi) is 6.30. The number of benzene rings is 2. The van der Waals surface area contributed by atoms with Crippen LogP contribution in [0.3, 0.4) is 0 Å². The quantitative estimate of drug-likeness (QED) is 0.581. The van der Waals surface area contributed by atoms with Gasteiger partial charge in [0.1, 0.15) is 23.9 Å². The summed E-state index contributed by atoms with van der Waals surface area (Å²) >= 11 is 0. The first-order valence-corrected chi connectivity index (χ1v) is 8.36. The van der Waals surface area contributed by atoms with Gasteiger partial charge in [-0.15, -0.1) is 0 Å². The minimum Gasteiger partial charge on any atom is -0.282 e. The first kappa shape index (κ1) is 17.5. The molecule has 0 saturated heterocycles. The van der Waals surface area contributed by atoms with Crippen LogP contribution < -0.4 is 0 Å². The number of hydrogen-bond donors (Lipinski definition) is 1. The average Bonchev–Trinajstić information content (AvgIpc) is 2.62. The standard InChI is InChI=1S/C14H12O3S.C3H3N3/c15-18(16,17)14(13-9-5-2-6-10-13)11-12-7-3-1-4-8-12;1-4-2-6-3-5-1/h1-11H,(H,15,16,17);1-3H. The van der Waals surface area contributed by atoms with Crippen molar-refractivity contribution in [2.24, 2.45) is 0 Å². The molecule has 0 radical (unpaired) electrons. The van der Waals surface area contributed by atoms with Crippen molar-refractivity contribution in [2.75, 3.05) is 0 Å². The molecule has 0 unspecified atom stereocenters. The van der Waals surface area contributed by atoms with E-state index in [1.807, 2.05) is 6.07 Å². The molecule has 6 nitrogen and oxygen atoms in total. The van der Waals surface area contributed by atoms with Crippen molar-refractivity contribution in [2.45, 2.75) is 0 Å². The highest BCUT2D eigenvalue weighted by Gasteiger charge is 2.15. The van der Waals surface area contributed by atoms with Crippen molar-refractivity contribution in [3.05, 3.63) is 90.8 Å². The molecule has 3 aromatic rings. The highest BCUT2D eigenvalue weighted by Crippen LogP contribution is 2.22. The van der Waals surface area contributed by atoms with Gasteiger partial charge in [-0.05, 0) is 17.2 Å². The van der Waals surface area contributed by atoms with E-state index in [9.17, 15) is 13.0 Å². The molecule has 0 aliphatic carbocycles. The predicted octanol–water partition coefficient (Wildman–Crippen LogP) is 2.94. The minimum absolute atomic E-state index is 0.102. The van der Waals surface area contributed by atoms with Gasteiger partial charge < -0.3 is 0 Å². The van der Waals surface area contributed by atoms with Crippen molar-refractivity contribution in [1.29, 1.82) is 0 Å².